The van der Waals surface area contributed by atoms with E-state index in [-0.39, 0.29) is 5.54 Å². The van der Waals surface area contributed by atoms with Crippen molar-refractivity contribution in [2.24, 2.45) is 17.6 Å². The highest BCUT2D eigenvalue weighted by Gasteiger charge is 2.32. The molecule has 2 nitrogen and oxygen atoms in total. The van der Waals surface area contributed by atoms with E-state index >= 15 is 0 Å². The summed E-state index contributed by atoms with van der Waals surface area (Å²) in [7, 11) is 1.73. The van der Waals surface area contributed by atoms with Gasteiger partial charge in [-0.2, -0.15) is 0 Å². The molecule has 0 rings (SSSR count). The molecule has 0 bridgehead atoms. The molecule has 0 radical (unpaired) electrons. The topological polar surface area (TPSA) is 35.2 Å². The van der Waals surface area contributed by atoms with Crippen LogP contribution in [0.15, 0.2) is 0 Å². The number of rotatable bonds is 5. The van der Waals surface area contributed by atoms with Crippen LogP contribution in [-0.4, -0.2) is 19.3 Å². The smallest absolute Gasteiger partial charge is 0.0505 e. The molecule has 0 aromatic heterocycles. The average Bonchev–Trinajstić information content (AvgIpc) is 2.03. The Hall–Kier alpha value is -0.0800. The zero-order valence-corrected chi connectivity index (χ0v) is 9.05. The van der Waals surface area contributed by atoms with Gasteiger partial charge in [-0.05, 0) is 18.3 Å². The van der Waals surface area contributed by atoms with Crippen molar-refractivity contribution >= 4 is 0 Å². The Kier molecular flexibility index (Phi) is 4.80. The van der Waals surface area contributed by atoms with Crippen molar-refractivity contribution in [3.05, 3.63) is 0 Å². The number of methoxy groups -OCH3 is 1. The van der Waals surface area contributed by atoms with Gasteiger partial charge in [-0.25, -0.2) is 0 Å². The minimum Gasteiger partial charge on any atom is -0.384 e. The van der Waals surface area contributed by atoms with Crippen LogP contribution in [0.2, 0.25) is 0 Å². The molecule has 0 saturated heterocycles. The Bertz CT molecular complexity index is 125. The van der Waals surface area contributed by atoms with Crippen molar-refractivity contribution in [1.29, 1.82) is 0 Å². The molecule has 0 saturated carbocycles. The molecular weight excluding hydrogens is 150 g/mol. The maximum absolute atomic E-state index is 6.29. The van der Waals surface area contributed by atoms with Crippen LogP contribution in [0.4, 0.5) is 0 Å². The summed E-state index contributed by atoms with van der Waals surface area (Å²) in [5.74, 6) is 0.931. The Balaban J connectivity index is 4.29. The summed E-state index contributed by atoms with van der Waals surface area (Å²) in [4.78, 5) is 0. The van der Waals surface area contributed by atoms with Gasteiger partial charge in [0.25, 0.3) is 0 Å². The fourth-order valence-corrected chi connectivity index (χ4v) is 1.73. The van der Waals surface area contributed by atoms with Gasteiger partial charge >= 0.3 is 0 Å². The first kappa shape index (κ1) is 11.9. The van der Waals surface area contributed by atoms with Gasteiger partial charge in [0.05, 0.1) is 6.61 Å². The molecule has 0 aliphatic heterocycles. The Morgan fingerprint density at radius 2 is 1.83 bits per heavy atom. The van der Waals surface area contributed by atoms with Gasteiger partial charge in [0.15, 0.2) is 0 Å². The Morgan fingerprint density at radius 3 is 2.08 bits per heavy atom. The van der Waals surface area contributed by atoms with E-state index in [1.165, 1.54) is 0 Å². The third-order valence-electron chi connectivity index (χ3n) is 3.02. The number of ether oxygens (including phenoxy) is 1. The van der Waals surface area contributed by atoms with Crippen LogP contribution in [0.3, 0.4) is 0 Å². The van der Waals surface area contributed by atoms with Crippen molar-refractivity contribution in [3.8, 4) is 0 Å². The van der Waals surface area contributed by atoms with Gasteiger partial charge in [-0.15, -0.1) is 0 Å². The quantitative estimate of drug-likeness (QED) is 0.690. The molecule has 0 spiro atoms. The molecule has 2 heteroatoms. The number of nitrogens with two attached hydrogens (primary N) is 1. The van der Waals surface area contributed by atoms with Gasteiger partial charge < -0.3 is 10.5 Å². The van der Waals surface area contributed by atoms with Crippen LogP contribution in [0.1, 0.15) is 34.1 Å². The van der Waals surface area contributed by atoms with Gasteiger partial charge in [0.2, 0.25) is 0 Å². The third kappa shape index (κ3) is 2.46. The maximum atomic E-state index is 6.29. The van der Waals surface area contributed by atoms with Gasteiger partial charge in [-0.1, -0.05) is 27.7 Å². The zero-order chi connectivity index (χ0) is 9.78. The third-order valence-corrected chi connectivity index (χ3v) is 3.02. The largest absolute Gasteiger partial charge is 0.384 e. The molecule has 12 heavy (non-hydrogen) atoms. The monoisotopic (exact) mass is 173 g/mol. The summed E-state index contributed by atoms with van der Waals surface area (Å²) in [5, 5.41) is 0. The van der Waals surface area contributed by atoms with Gasteiger partial charge in [0.1, 0.15) is 0 Å². The second kappa shape index (κ2) is 4.83. The highest BCUT2D eigenvalue weighted by Crippen LogP contribution is 2.26. The van der Waals surface area contributed by atoms with E-state index in [4.69, 9.17) is 10.5 Å². The van der Waals surface area contributed by atoms with Crippen LogP contribution in [-0.2, 0) is 4.74 Å². The molecule has 0 amide bonds. The lowest BCUT2D eigenvalue weighted by atomic mass is 9.75. The van der Waals surface area contributed by atoms with Crippen LogP contribution in [0.5, 0.6) is 0 Å². The first-order chi connectivity index (χ1) is 5.49. The highest BCUT2D eigenvalue weighted by atomic mass is 16.5. The molecule has 0 aliphatic carbocycles. The molecule has 2 atom stereocenters. The summed E-state index contributed by atoms with van der Waals surface area (Å²) >= 11 is 0. The van der Waals surface area contributed by atoms with E-state index in [2.05, 4.69) is 27.7 Å². The molecule has 2 N–H and O–H groups in total. The minimum atomic E-state index is -0.0734. The molecule has 2 unspecified atom stereocenters. The second-order valence-electron chi connectivity index (χ2n) is 3.98. The average molecular weight is 173 g/mol. The Labute approximate surface area is 76.5 Å². The fraction of sp³-hybridized carbons (Fsp3) is 1.00. The van der Waals surface area contributed by atoms with E-state index in [0.29, 0.717) is 11.8 Å². The summed E-state index contributed by atoms with van der Waals surface area (Å²) in [6.45, 7) is 9.41. The van der Waals surface area contributed by atoms with Crippen LogP contribution >= 0.6 is 0 Å². The number of hydrogen-bond donors (Lipinski definition) is 1. The fourth-order valence-electron chi connectivity index (χ4n) is 1.73. The molecule has 0 aliphatic rings. The van der Waals surface area contributed by atoms with E-state index < -0.39 is 0 Å². The first-order valence-corrected chi connectivity index (χ1v) is 4.76. The first-order valence-electron chi connectivity index (χ1n) is 4.76. The molecule has 0 fully saturated rings. The SMILES string of the molecule is CCC(N)(C(C)C)C(C)COC. The molecule has 0 aromatic carbocycles. The van der Waals surface area contributed by atoms with Crippen molar-refractivity contribution in [3.63, 3.8) is 0 Å². The van der Waals surface area contributed by atoms with Gasteiger partial charge in [0, 0.05) is 12.6 Å². The highest BCUT2D eigenvalue weighted by molar-refractivity contribution is 4.90. The van der Waals surface area contributed by atoms with Crippen LogP contribution in [0, 0.1) is 11.8 Å². The summed E-state index contributed by atoms with van der Waals surface area (Å²) in [5.41, 5.74) is 6.22. The van der Waals surface area contributed by atoms with Crippen molar-refractivity contribution in [1.82, 2.24) is 0 Å². The molecular formula is C10H23NO. The number of hydrogen-bond acceptors (Lipinski definition) is 2. The van der Waals surface area contributed by atoms with E-state index in [1.807, 2.05) is 0 Å². The normalized spacial score (nSPS) is 19.2. The van der Waals surface area contributed by atoms with Crippen molar-refractivity contribution in [2.75, 3.05) is 13.7 Å². The minimum absolute atomic E-state index is 0.0734. The zero-order valence-electron chi connectivity index (χ0n) is 9.05. The van der Waals surface area contributed by atoms with E-state index in [0.717, 1.165) is 13.0 Å². The summed E-state index contributed by atoms with van der Waals surface area (Å²) in [6, 6.07) is 0. The second-order valence-corrected chi connectivity index (χ2v) is 3.98. The van der Waals surface area contributed by atoms with Gasteiger partial charge in [-0.3, -0.25) is 0 Å². The predicted octanol–water partition coefficient (Wildman–Crippen LogP) is 2.03. The molecule has 74 valence electrons. The predicted molar refractivity (Wildman–Crippen MR) is 53.1 cm³/mol. The summed E-state index contributed by atoms with van der Waals surface area (Å²) < 4.78 is 5.12. The lowest BCUT2D eigenvalue weighted by molar-refractivity contribution is 0.0902. The van der Waals surface area contributed by atoms with Crippen molar-refractivity contribution in [2.45, 2.75) is 39.7 Å². The lowest BCUT2D eigenvalue weighted by Gasteiger charge is -2.38. The molecule has 0 aromatic rings. The Morgan fingerprint density at radius 1 is 1.33 bits per heavy atom. The van der Waals surface area contributed by atoms with E-state index in [9.17, 15) is 0 Å². The lowest BCUT2D eigenvalue weighted by Crippen LogP contribution is -2.51. The van der Waals surface area contributed by atoms with Crippen LogP contribution < -0.4 is 5.73 Å². The van der Waals surface area contributed by atoms with E-state index in [1.54, 1.807) is 7.11 Å². The summed E-state index contributed by atoms with van der Waals surface area (Å²) in [6.07, 6.45) is 1.01. The maximum Gasteiger partial charge on any atom is 0.0505 e. The van der Waals surface area contributed by atoms with Crippen LogP contribution in [0.25, 0.3) is 0 Å². The van der Waals surface area contributed by atoms with Crippen molar-refractivity contribution < 1.29 is 4.74 Å². The standard InChI is InChI=1S/C10H23NO/c1-6-10(11,8(2)3)9(4)7-12-5/h8-9H,6-7,11H2,1-5H3. The molecule has 0 heterocycles.